The summed E-state index contributed by atoms with van der Waals surface area (Å²) >= 11 is 3.29. The second-order valence-corrected chi connectivity index (χ2v) is 6.44. The smallest absolute Gasteiger partial charge is 0.236 e. The van der Waals surface area contributed by atoms with Crippen molar-refractivity contribution in [2.24, 2.45) is 0 Å². The van der Waals surface area contributed by atoms with Crippen molar-refractivity contribution in [2.75, 3.05) is 6.54 Å². The monoisotopic (exact) mass is 352 g/mol. The molecule has 3 rings (SSSR count). The molecule has 1 aromatic carbocycles. The van der Waals surface area contributed by atoms with Crippen LogP contribution in [-0.4, -0.2) is 27.3 Å². The molecule has 1 unspecified atom stereocenters. The van der Waals surface area contributed by atoms with E-state index in [1.165, 1.54) is 12.1 Å². The van der Waals surface area contributed by atoms with Gasteiger partial charge in [0.1, 0.15) is 11.5 Å². The summed E-state index contributed by atoms with van der Waals surface area (Å²) < 4.78 is 18.4. The number of halogens is 2. The van der Waals surface area contributed by atoms with Gasteiger partial charge in [0, 0.05) is 17.7 Å². The van der Waals surface area contributed by atoms with E-state index in [4.69, 9.17) is 4.52 Å². The minimum atomic E-state index is -0.282. The number of rotatable bonds is 2. The van der Waals surface area contributed by atoms with Gasteiger partial charge < -0.3 is 9.42 Å². The van der Waals surface area contributed by atoms with E-state index in [-0.39, 0.29) is 16.6 Å². The van der Waals surface area contributed by atoms with Crippen molar-refractivity contribution in [3.8, 4) is 11.3 Å². The van der Waals surface area contributed by atoms with Crippen LogP contribution in [0.5, 0.6) is 0 Å². The van der Waals surface area contributed by atoms with Crippen LogP contribution >= 0.6 is 15.9 Å². The molecule has 0 N–H and O–H groups in total. The molecule has 0 saturated carbocycles. The van der Waals surface area contributed by atoms with Gasteiger partial charge in [-0.3, -0.25) is 4.79 Å². The fourth-order valence-corrected chi connectivity index (χ4v) is 2.79. The molecule has 1 aliphatic heterocycles. The third-order valence-corrected chi connectivity index (χ3v) is 3.99. The van der Waals surface area contributed by atoms with Crippen LogP contribution in [0, 0.1) is 5.82 Å². The molecule has 1 atom stereocenters. The molecule has 0 radical (unpaired) electrons. The lowest BCUT2D eigenvalue weighted by Gasteiger charge is -2.27. The van der Waals surface area contributed by atoms with E-state index in [0.29, 0.717) is 25.3 Å². The van der Waals surface area contributed by atoms with Crippen LogP contribution in [0.3, 0.4) is 0 Å². The van der Waals surface area contributed by atoms with Gasteiger partial charge in [0.2, 0.25) is 5.91 Å². The molecule has 1 amide bonds. The lowest BCUT2D eigenvalue weighted by molar-refractivity contribution is -0.131. The summed E-state index contributed by atoms with van der Waals surface area (Å²) in [5, 5.41) is 4.07. The van der Waals surface area contributed by atoms with Crippen molar-refractivity contribution >= 4 is 21.8 Å². The number of carbonyl (C=O) groups is 1. The van der Waals surface area contributed by atoms with Gasteiger partial charge in [-0.15, -0.1) is 0 Å². The van der Waals surface area contributed by atoms with E-state index in [9.17, 15) is 9.18 Å². The Labute approximate surface area is 130 Å². The summed E-state index contributed by atoms with van der Waals surface area (Å²) in [5.74, 6) is 0.436. The highest BCUT2D eigenvalue weighted by Crippen LogP contribution is 2.30. The number of nitrogens with zero attached hydrogens (tertiary/aromatic N) is 2. The highest BCUT2D eigenvalue weighted by Gasteiger charge is 2.28. The average molecular weight is 353 g/mol. The van der Waals surface area contributed by atoms with Gasteiger partial charge in [-0.1, -0.05) is 21.1 Å². The molecule has 2 heterocycles. The number of carbonyl (C=O) groups excluding carboxylic acids is 1. The number of aromatic nitrogens is 1. The Bertz CT molecular complexity index is 667. The summed E-state index contributed by atoms with van der Waals surface area (Å²) in [5.41, 5.74) is 2.59. The summed E-state index contributed by atoms with van der Waals surface area (Å²) in [6.45, 7) is 2.90. The van der Waals surface area contributed by atoms with Crippen molar-refractivity contribution in [1.29, 1.82) is 0 Å². The normalized spacial score (nSPS) is 15.7. The maximum absolute atomic E-state index is 13.0. The van der Waals surface area contributed by atoms with Crippen LogP contribution in [0.15, 0.2) is 28.8 Å². The highest BCUT2D eigenvalue weighted by molar-refractivity contribution is 9.10. The van der Waals surface area contributed by atoms with Crippen molar-refractivity contribution in [2.45, 2.75) is 24.7 Å². The third-order valence-electron chi connectivity index (χ3n) is 3.60. The van der Waals surface area contributed by atoms with E-state index >= 15 is 0 Å². The molecule has 4 nitrogen and oxygen atoms in total. The maximum Gasteiger partial charge on any atom is 0.236 e. The Morgan fingerprint density at radius 3 is 2.81 bits per heavy atom. The van der Waals surface area contributed by atoms with Gasteiger partial charge >= 0.3 is 0 Å². The lowest BCUT2D eigenvalue weighted by atomic mass is 10.0. The van der Waals surface area contributed by atoms with E-state index in [2.05, 4.69) is 21.1 Å². The van der Waals surface area contributed by atoms with Crippen molar-refractivity contribution in [3.63, 3.8) is 0 Å². The quantitative estimate of drug-likeness (QED) is 0.780. The van der Waals surface area contributed by atoms with Gasteiger partial charge in [-0.25, -0.2) is 4.39 Å². The van der Waals surface area contributed by atoms with Crippen molar-refractivity contribution in [3.05, 3.63) is 41.3 Å². The van der Waals surface area contributed by atoms with Crippen LogP contribution in [-0.2, 0) is 17.8 Å². The van der Waals surface area contributed by atoms with Crippen LogP contribution in [0.2, 0.25) is 0 Å². The predicted molar refractivity (Wildman–Crippen MR) is 79.4 cm³/mol. The Kier molecular flexibility index (Phi) is 3.80. The fourth-order valence-electron chi connectivity index (χ4n) is 2.50. The predicted octanol–water partition coefficient (Wildman–Crippen LogP) is 3.15. The molecule has 2 aromatic rings. The van der Waals surface area contributed by atoms with Crippen LogP contribution in [0.1, 0.15) is 18.2 Å². The Hall–Kier alpha value is -1.69. The lowest BCUT2D eigenvalue weighted by Crippen LogP contribution is -2.39. The second kappa shape index (κ2) is 5.60. The first kappa shape index (κ1) is 14.3. The summed E-state index contributed by atoms with van der Waals surface area (Å²) in [7, 11) is 0. The minimum absolute atomic E-state index is 0.0481. The Balaban J connectivity index is 1.87. The van der Waals surface area contributed by atoms with Gasteiger partial charge in [-0.05, 0) is 37.6 Å². The average Bonchev–Trinajstić information content (AvgIpc) is 2.90. The van der Waals surface area contributed by atoms with Crippen LogP contribution in [0.25, 0.3) is 11.3 Å². The number of amides is 1. The topological polar surface area (TPSA) is 46.3 Å². The van der Waals surface area contributed by atoms with Gasteiger partial charge in [0.25, 0.3) is 0 Å². The fraction of sp³-hybridized carbons (Fsp3) is 0.333. The summed E-state index contributed by atoms with van der Waals surface area (Å²) in [6.07, 6.45) is 0.691. The SMILES string of the molecule is CC(Br)C(=O)N1CCc2c(noc2-c2ccc(F)cc2)C1. The number of hydrogen-bond donors (Lipinski definition) is 0. The summed E-state index contributed by atoms with van der Waals surface area (Å²) in [6, 6.07) is 6.15. The molecular formula is C15H14BrFN2O2. The number of alkyl halides is 1. The first-order chi connectivity index (χ1) is 10.1. The molecule has 1 aromatic heterocycles. The molecule has 0 aliphatic carbocycles. The van der Waals surface area contributed by atoms with Crippen molar-refractivity contribution < 1.29 is 13.7 Å². The first-order valence-electron chi connectivity index (χ1n) is 6.72. The van der Waals surface area contributed by atoms with Crippen LogP contribution in [0.4, 0.5) is 4.39 Å². The Morgan fingerprint density at radius 1 is 1.43 bits per heavy atom. The second-order valence-electron chi connectivity index (χ2n) is 5.07. The van der Waals surface area contributed by atoms with Gasteiger partial charge in [-0.2, -0.15) is 0 Å². The third kappa shape index (κ3) is 2.72. The van der Waals surface area contributed by atoms with E-state index in [1.807, 2.05) is 6.92 Å². The number of benzene rings is 1. The molecule has 0 spiro atoms. The zero-order chi connectivity index (χ0) is 15.0. The van der Waals surface area contributed by atoms with Gasteiger partial charge in [0.15, 0.2) is 5.76 Å². The number of fused-ring (bicyclic) bond motifs is 1. The zero-order valence-electron chi connectivity index (χ0n) is 11.5. The molecular weight excluding hydrogens is 339 g/mol. The van der Waals surface area contributed by atoms with E-state index < -0.39 is 0 Å². The summed E-state index contributed by atoms with van der Waals surface area (Å²) in [4.78, 5) is 13.6. The number of hydrogen-bond acceptors (Lipinski definition) is 3. The van der Waals surface area contributed by atoms with Crippen molar-refractivity contribution in [1.82, 2.24) is 10.1 Å². The van der Waals surface area contributed by atoms with Gasteiger partial charge in [0.05, 0.1) is 11.4 Å². The molecule has 0 bridgehead atoms. The molecule has 110 valence electrons. The molecule has 0 saturated heterocycles. The zero-order valence-corrected chi connectivity index (χ0v) is 13.1. The molecule has 21 heavy (non-hydrogen) atoms. The highest BCUT2D eigenvalue weighted by atomic mass is 79.9. The minimum Gasteiger partial charge on any atom is -0.356 e. The van der Waals surface area contributed by atoms with E-state index in [1.54, 1.807) is 17.0 Å². The standard InChI is InChI=1S/C15H14BrFN2O2/c1-9(16)15(20)19-7-6-12-13(8-19)18-21-14(12)10-2-4-11(17)5-3-10/h2-5,9H,6-8H2,1H3. The molecule has 1 aliphatic rings. The Morgan fingerprint density at radius 2 is 2.14 bits per heavy atom. The van der Waals surface area contributed by atoms with E-state index in [0.717, 1.165) is 16.8 Å². The van der Waals surface area contributed by atoms with Crippen LogP contribution < -0.4 is 0 Å². The first-order valence-corrected chi connectivity index (χ1v) is 7.64. The maximum atomic E-state index is 13.0. The molecule has 6 heteroatoms. The largest absolute Gasteiger partial charge is 0.356 e. The molecule has 0 fully saturated rings.